The van der Waals surface area contributed by atoms with Gasteiger partial charge in [-0.1, -0.05) is 61.9 Å². The standard InChI is InChI=1S/C27H30N2O7S/c1-4-14-27(37,15-22(30)31)36-26(32)23-17(2)28-18(3)25(29(33)34)24(23)20-12-8-9-13-21(20)35-16-19-10-6-5-7-11-19/h5-13,24,28,37H,4,14-16H2,1-3H3,(H,30,31). The summed E-state index contributed by atoms with van der Waals surface area (Å²) in [5, 5.41) is 24.5. The van der Waals surface area contributed by atoms with Crippen LogP contribution in [-0.4, -0.2) is 26.9 Å². The molecule has 2 atom stereocenters. The lowest BCUT2D eigenvalue weighted by Crippen LogP contribution is -2.37. The number of rotatable bonds is 11. The molecule has 0 fully saturated rings. The van der Waals surface area contributed by atoms with Gasteiger partial charge >= 0.3 is 11.9 Å². The largest absolute Gasteiger partial charge is 0.489 e. The van der Waals surface area contributed by atoms with Crippen molar-refractivity contribution in [2.45, 2.75) is 57.5 Å². The van der Waals surface area contributed by atoms with Gasteiger partial charge in [-0.25, -0.2) is 4.79 Å². The molecule has 2 aromatic rings. The molecule has 0 amide bonds. The molecule has 0 saturated heterocycles. The predicted molar refractivity (Wildman–Crippen MR) is 140 cm³/mol. The first-order valence-electron chi connectivity index (χ1n) is 11.8. The summed E-state index contributed by atoms with van der Waals surface area (Å²) in [5.41, 5.74) is 1.72. The third-order valence-electron chi connectivity index (χ3n) is 5.96. The minimum absolute atomic E-state index is 0.00650. The molecule has 2 unspecified atom stereocenters. The van der Waals surface area contributed by atoms with E-state index in [0.29, 0.717) is 23.4 Å². The van der Waals surface area contributed by atoms with Crippen molar-refractivity contribution < 1.29 is 29.1 Å². The maximum absolute atomic E-state index is 13.6. The minimum Gasteiger partial charge on any atom is -0.489 e. The molecule has 1 heterocycles. The lowest BCUT2D eigenvalue weighted by molar-refractivity contribution is -0.431. The Bertz CT molecular complexity index is 1240. The number of para-hydroxylation sites is 1. The number of benzene rings is 2. The number of aliphatic carboxylic acids is 1. The molecule has 37 heavy (non-hydrogen) atoms. The fourth-order valence-corrected chi connectivity index (χ4v) is 4.86. The topological polar surface area (TPSA) is 128 Å². The first kappa shape index (κ1) is 27.8. The number of nitrogens with zero attached hydrogens (tertiary/aromatic N) is 1. The molecule has 1 aliphatic heterocycles. The second kappa shape index (κ2) is 12.0. The number of nitro groups is 1. The number of allylic oxidation sites excluding steroid dienone is 3. The predicted octanol–water partition coefficient (Wildman–Crippen LogP) is 5.18. The van der Waals surface area contributed by atoms with Crippen molar-refractivity contribution >= 4 is 24.6 Å². The number of carboxylic acids is 1. The van der Waals surface area contributed by atoms with Crippen LogP contribution in [0.5, 0.6) is 5.75 Å². The van der Waals surface area contributed by atoms with Gasteiger partial charge in [-0.15, -0.1) is 12.6 Å². The van der Waals surface area contributed by atoms with E-state index in [0.717, 1.165) is 5.56 Å². The third kappa shape index (κ3) is 6.71. The summed E-state index contributed by atoms with van der Waals surface area (Å²) in [6, 6.07) is 16.3. The summed E-state index contributed by atoms with van der Waals surface area (Å²) < 4.78 is 11.7. The van der Waals surface area contributed by atoms with Gasteiger partial charge in [0, 0.05) is 11.3 Å². The highest BCUT2D eigenvalue weighted by molar-refractivity contribution is 7.81. The maximum Gasteiger partial charge on any atom is 0.338 e. The fourth-order valence-electron chi connectivity index (χ4n) is 4.41. The molecule has 0 aromatic heterocycles. The molecule has 10 heteroatoms. The quantitative estimate of drug-likeness (QED) is 0.120. The van der Waals surface area contributed by atoms with Crippen LogP contribution in [0.15, 0.2) is 77.3 Å². The Morgan fingerprint density at radius 3 is 2.38 bits per heavy atom. The van der Waals surface area contributed by atoms with Crippen molar-refractivity contribution in [1.82, 2.24) is 5.32 Å². The van der Waals surface area contributed by atoms with Crippen LogP contribution in [0.3, 0.4) is 0 Å². The molecular formula is C27H30N2O7S. The molecule has 2 N–H and O–H groups in total. The smallest absolute Gasteiger partial charge is 0.338 e. The van der Waals surface area contributed by atoms with E-state index in [-0.39, 0.29) is 30.0 Å². The molecule has 0 saturated carbocycles. The van der Waals surface area contributed by atoms with Gasteiger partial charge in [-0.2, -0.15) is 0 Å². The lowest BCUT2D eigenvalue weighted by Gasteiger charge is -2.31. The molecule has 0 radical (unpaired) electrons. The Balaban J connectivity index is 2.07. The van der Waals surface area contributed by atoms with Crippen molar-refractivity contribution in [3.63, 3.8) is 0 Å². The molecule has 0 bridgehead atoms. The molecular weight excluding hydrogens is 496 g/mol. The number of hydrogen-bond donors (Lipinski definition) is 3. The van der Waals surface area contributed by atoms with Crippen LogP contribution in [0.25, 0.3) is 0 Å². The van der Waals surface area contributed by atoms with Gasteiger partial charge < -0.3 is 19.9 Å². The summed E-state index contributed by atoms with van der Waals surface area (Å²) in [7, 11) is 0. The second-order valence-electron chi connectivity index (χ2n) is 8.83. The number of hydrogen-bond acceptors (Lipinski definition) is 8. The van der Waals surface area contributed by atoms with Crippen LogP contribution in [0.2, 0.25) is 0 Å². The number of thiol groups is 1. The number of carbonyl (C=O) groups is 2. The molecule has 2 aromatic carbocycles. The molecule has 1 aliphatic rings. The number of nitrogens with one attached hydrogen (secondary N) is 1. The highest BCUT2D eigenvalue weighted by Gasteiger charge is 2.44. The monoisotopic (exact) mass is 526 g/mol. The Labute approximate surface area is 220 Å². The van der Waals surface area contributed by atoms with E-state index in [1.54, 1.807) is 38.1 Å². The average Bonchev–Trinajstić information content (AvgIpc) is 2.82. The van der Waals surface area contributed by atoms with Gasteiger partial charge in [0.25, 0.3) is 5.70 Å². The number of dihydropyridines is 1. The van der Waals surface area contributed by atoms with Crippen LogP contribution < -0.4 is 10.1 Å². The van der Waals surface area contributed by atoms with E-state index < -0.39 is 34.1 Å². The average molecular weight is 527 g/mol. The van der Waals surface area contributed by atoms with Crippen LogP contribution >= 0.6 is 12.6 Å². The zero-order valence-electron chi connectivity index (χ0n) is 20.9. The SMILES string of the molecule is CCCC(S)(CC(=O)O)OC(=O)C1=C(C)NC(C)=C([N+](=O)[O-])C1c1ccccc1OCc1ccccc1. The zero-order chi connectivity index (χ0) is 27.2. The van der Waals surface area contributed by atoms with Crippen molar-refractivity contribution in [3.8, 4) is 5.75 Å². The first-order valence-corrected chi connectivity index (χ1v) is 12.3. The van der Waals surface area contributed by atoms with E-state index in [4.69, 9.17) is 9.47 Å². The highest BCUT2D eigenvalue weighted by Crippen LogP contribution is 2.43. The van der Waals surface area contributed by atoms with Gasteiger partial charge in [0.15, 0.2) is 4.93 Å². The summed E-state index contributed by atoms with van der Waals surface area (Å²) in [4.78, 5) is 35.2. The summed E-state index contributed by atoms with van der Waals surface area (Å²) >= 11 is 4.38. The summed E-state index contributed by atoms with van der Waals surface area (Å²) in [6.07, 6.45) is 0.180. The van der Waals surface area contributed by atoms with Crippen LogP contribution in [0.1, 0.15) is 57.1 Å². The molecule has 196 valence electrons. The first-order chi connectivity index (χ1) is 17.6. The Hall–Kier alpha value is -3.79. The molecule has 3 rings (SSSR count). The van der Waals surface area contributed by atoms with E-state index >= 15 is 0 Å². The van der Waals surface area contributed by atoms with Gasteiger partial charge in [0.2, 0.25) is 0 Å². The zero-order valence-corrected chi connectivity index (χ0v) is 21.8. The normalized spacial score (nSPS) is 17.0. The molecule has 0 aliphatic carbocycles. The third-order valence-corrected chi connectivity index (χ3v) is 6.43. The van der Waals surface area contributed by atoms with Gasteiger partial charge in [0.05, 0.1) is 22.6 Å². The molecule has 9 nitrogen and oxygen atoms in total. The van der Waals surface area contributed by atoms with Crippen molar-refractivity contribution in [2.24, 2.45) is 0 Å². The van der Waals surface area contributed by atoms with Crippen molar-refractivity contribution in [3.05, 3.63) is 98.5 Å². The Kier molecular flexibility index (Phi) is 8.99. The van der Waals surface area contributed by atoms with Gasteiger partial charge in [0.1, 0.15) is 18.3 Å². The van der Waals surface area contributed by atoms with Crippen molar-refractivity contribution in [2.75, 3.05) is 0 Å². The highest BCUT2D eigenvalue weighted by atomic mass is 32.1. The lowest BCUT2D eigenvalue weighted by atomic mass is 9.83. The van der Waals surface area contributed by atoms with E-state index in [1.165, 1.54) is 0 Å². The Morgan fingerprint density at radius 1 is 1.11 bits per heavy atom. The van der Waals surface area contributed by atoms with Gasteiger partial charge in [-0.05, 0) is 31.9 Å². The number of esters is 1. The van der Waals surface area contributed by atoms with Crippen LogP contribution in [0, 0.1) is 10.1 Å². The van der Waals surface area contributed by atoms with E-state index in [1.807, 2.05) is 37.3 Å². The van der Waals surface area contributed by atoms with E-state index in [9.17, 15) is 24.8 Å². The maximum atomic E-state index is 13.6. The summed E-state index contributed by atoms with van der Waals surface area (Å²) in [6.45, 7) is 5.22. The number of carbonyl (C=O) groups excluding carboxylic acids is 1. The van der Waals surface area contributed by atoms with Crippen molar-refractivity contribution in [1.29, 1.82) is 0 Å². The fraction of sp³-hybridized carbons (Fsp3) is 0.333. The summed E-state index contributed by atoms with van der Waals surface area (Å²) in [5.74, 6) is -2.81. The van der Waals surface area contributed by atoms with Gasteiger partial charge in [-0.3, -0.25) is 14.9 Å². The molecule has 0 spiro atoms. The second-order valence-corrected chi connectivity index (χ2v) is 9.65. The van der Waals surface area contributed by atoms with E-state index in [2.05, 4.69) is 17.9 Å². The van der Waals surface area contributed by atoms with Crippen LogP contribution in [-0.2, 0) is 20.9 Å². The Morgan fingerprint density at radius 2 is 1.76 bits per heavy atom. The number of carboxylic acid groups (broad SMARTS) is 1. The number of ether oxygens (including phenoxy) is 2. The minimum atomic E-state index is -1.58. The van der Waals surface area contributed by atoms with Crippen LogP contribution in [0.4, 0.5) is 0 Å².